The number of sulfonamides is 1. The number of anilines is 1. The molecule has 0 bridgehead atoms. The Labute approximate surface area is 160 Å². The molecule has 2 N–H and O–H groups in total. The Balaban J connectivity index is 2.04. The molecule has 0 heterocycles. The zero-order valence-corrected chi connectivity index (χ0v) is 16.4. The van der Waals surface area contributed by atoms with Crippen molar-refractivity contribution in [3.05, 3.63) is 60.2 Å². The predicted molar refractivity (Wildman–Crippen MR) is 107 cm³/mol. The van der Waals surface area contributed by atoms with Crippen molar-refractivity contribution in [3.8, 4) is 5.75 Å². The third-order valence-electron chi connectivity index (χ3n) is 3.46. The standard InChI is InChI=1S/C20H24N2O4S/c1-4-26-19-8-6-5-7-16(19)9-14-20(23)21-17-10-12-18(13-11-17)27(24,25)22-15(2)3/h5-15,22H,4H2,1-3H3,(H,21,23)/b14-9+. The third-order valence-corrected chi connectivity index (χ3v) is 5.13. The highest BCUT2D eigenvalue weighted by molar-refractivity contribution is 7.89. The van der Waals surface area contributed by atoms with Crippen LogP contribution < -0.4 is 14.8 Å². The van der Waals surface area contributed by atoms with E-state index in [2.05, 4.69) is 10.0 Å². The number of hydrogen-bond acceptors (Lipinski definition) is 4. The van der Waals surface area contributed by atoms with Crippen LogP contribution in [0, 0.1) is 0 Å². The fraction of sp³-hybridized carbons (Fsp3) is 0.250. The number of rotatable bonds is 8. The first kappa shape index (κ1) is 20.7. The number of benzene rings is 2. The first-order chi connectivity index (χ1) is 12.8. The summed E-state index contributed by atoms with van der Waals surface area (Å²) in [7, 11) is -3.55. The van der Waals surface area contributed by atoms with Gasteiger partial charge in [0.05, 0.1) is 11.5 Å². The van der Waals surface area contributed by atoms with Gasteiger partial charge in [0.15, 0.2) is 0 Å². The van der Waals surface area contributed by atoms with Crippen molar-refractivity contribution >= 4 is 27.7 Å². The quantitative estimate of drug-likeness (QED) is 0.679. The van der Waals surface area contributed by atoms with Crippen LogP contribution in [0.5, 0.6) is 5.75 Å². The first-order valence-electron chi connectivity index (χ1n) is 8.65. The van der Waals surface area contributed by atoms with Crippen LogP contribution in [-0.4, -0.2) is 27.0 Å². The van der Waals surface area contributed by atoms with Gasteiger partial charge >= 0.3 is 0 Å². The summed E-state index contributed by atoms with van der Waals surface area (Å²) in [5.74, 6) is 0.383. The SMILES string of the molecule is CCOc1ccccc1/C=C/C(=O)Nc1ccc(S(=O)(=O)NC(C)C)cc1. The van der Waals surface area contributed by atoms with Gasteiger partial charge in [0.2, 0.25) is 15.9 Å². The highest BCUT2D eigenvalue weighted by atomic mass is 32.2. The molecule has 1 amide bonds. The number of carbonyl (C=O) groups excluding carboxylic acids is 1. The second-order valence-corrected chi connectivity index (χ2v) is 7.81. The smallest absolute Gasteiger partial charge is 0.248 e. The van der Waals surface area contributed by atoms with Gasteiger partial charge in [0, 0.05) is 23.4 Å². The highest BCUT2D eigenvalue weighted by Crippen LogP contribution is 2.19. The molecule has 144 valence electrons. The van der Waals surface area contributed by atoms with E-state index in [1.807, 2.05) is 31.2 Å². The lowest BCUT2D eigenvalue weighted by Gasteiger charge is -2.10. The minimum Gasteiger partial charge on any atom is -0.493 e. The van der Waals surface area contributed by atoms with Crippen LogP contribution in [0.4, 0.5) is 5.69 Å². The number of ether oxygens (including phenoxy) is 1. The van der Waals surface area contributed by atoms with Gasteiger partial charge < -0.3 is 10.1 Å². The summed E-state index contributed by atoms with van der Waals surface area (Å²) in [6, 6.07) is 13.2. The maximum Gasteiger partial charge on any atom is 0.248 e. The minimum atomic E-state index is -3.55. The molecule has 0 spiro atoms. The highest BCUT2D eigenvalue weighted by Gasteiger charge is 2.14. The third kappa shape index (κ3) is 6.23. The molecule has 2 aromatic carbocycles. The van der Waals surface area contributed by atoms with E-state index in [1.54, 1.807) is 32.1 Å². The summed E-state index contributed by atoms with van der Waals surface area (Å²) in [6.07, 6.45) is 3.08. The maximum absolute atomic E-state index is 12.1. The van der Waals surface area contributed by atoms with Crippen LogP contribution in [0.1, 0.15) is 26.3 Å². The summed E-state index contributed by atoms with van der Waals surface area (Å²) < 4.78 is 32.2. The molecule has 0 fully saturated rings. The molecule has 2 rings (SSSR count). The maximum atomic E-state index is 12.1. The van der Waals surface area contributed by atoms with E-state index in [1.165, 1.54) is 18.2 Å². The van der Waals surface area contributed by atoms with E-state index in [0.717, 1.165) is 5.56 Å². The van der Waals surface area contributed by atoms with Crippen molar-refractivity contribution in [2.24, 2.45) is 0 Å². The lowest BCUT2D eigenvalue weighted by Crippen LogP contribution is -2.30. The molecule has 0 aromatic heterocycles. The molecule has 0 atom stereocenters. The van der Waals surface area contributed by atoms with Crippen LogP contribution in [0.3, 0.4) is 0 Å². The Morgan fingerprint density at radius 3 is 2.41 bits per heavy atom. The van der Waals surface area contributed by atoms with Crippen molar-refractivity contribution in [1.82, 2.24) is 4.72 Å². The topological polar surface area (TPSA) is 84.5 Å². The second-order valence-electron chi connectivity index (χ2n) is 6.09. The molecule has 27 heavy (non-hydrogen) atoms. The summed E-state index contributed by atoms with van der Waals surface area (Å²) in [5.41, 5.74) is 1.31. The molecule has 0 saturated carbocycles. The van der Waals surface area contributed by atoms with Crippen molar-refractivity contribution in [2.75, 3.05) is 11.9 Å². The zero-order chi connectivity index (χ0) is 19.9. The van der Waals surface area contributed by atoms with Crippen LogP contribution in [0.15, 0.2) is 59.5 Å². The summed E-state index contributed by atoms with van der Waals surface area (Å²) in [6.45, 7) is 5.94. The van der Waals surface area contributed by atoms with Gasteiger partial charge in [-0.25, -0.2) is 13.1 Å². The molecule has 2 aromatic rings. The second kappa shape index (κ2) is 9.34. The number of para-hydroxylation sites is 1. The number of hydrogen-bond donors (Lipinski definition) is 2. The Kier molecular flexibility index (Phi) is 7.15. The Bertz CT molecular complexity index is 904. The van der Waals surface area contributed by atoms with Crippen LogP contribution in [-0.2, 0) is 14.8 Å². The monoisotopic (exact) mass is 388 g/mol. The molecular formula is C20H24N2O4S. The van der Waals surface area contributed by atoms with Gasteiger partial charge in [-0.2, -0.15) is 0 Å². The normalized spacial score (nSPS) is 11.7. The van der Waals surface area contributed by atoms with E-state index < -0.39 is 10.0 Å². The van der Waals surface area contributed by atoms with Crippen molar-refractivity contribution in [1.29, 1.82) is 0 Å². The van der Waals surface area contributed by atoms with E-state index in [4.69, 9.17) is 4.74 Å². The molecule has 0 radical (unpaired) electrons. The predicted octanol–water partition coefficient (Wildman–Crippen LogP) is 3.42. The van der Waals surface area contributed by atoms with E-state index in [9.17, 15) is 13.2 Å². The lowest BCUT2D eigenvalue weighted by molar-refractivity contribution is -0.111. The van der Waals surface area contributed by atoms with Gasteiger partial charge in [0.1, 0.15) is 5.75 Å². The Morgan fingerprint density at radius 2 is 1.78 bits per heavy atom. The lowest BCUT2D eigenvalue weighted by atomic mass is 10.2. The van der Waals surface area contributed by atoms with E-state index in [0.29, 0.717) is 18.0 Å². The van der Waals surface area contributed by atoms with Gasteiger partial charge in [-0.05, 0) is 57.2 Å². The van der Waals surface area contributed by atoms with Gasteiger partial charge in [-0.3, -0.25) is 4.79 Å². The van der Waals surface area contributed by atoms with Crippen molar-refractivity contribution in [3.63, 3.8) is 0 Å². The van der Waals surface area contributed by atoms with Gasteiger partial charge in [0.25, 0.3) is 0 Å². The minimum absolute atomic E-state index is 0.149. The van der Waals surface area contributed by atoms with Crippen LogP contribution in [0.2, 0.25) is 0 Å². The Morgan fingerprint density at radius 1 is 1.11 bits per heavy atom. The largest absolute Gasteiger partial charge is 0.493 e. The number of carbonyl (C=O) groups is 1. The Hall–Kier alpha value is -2.64. The molecule has 0 aliphatic carbocycles. The van der Waals surface area contributed by atoms with Crippen molar-refractivity contribution in [2.45, 2.75) is 31.7 Å². The van der Waals surface area contributed by atoms with Crippen molar-refractivity contribution < 1.29 is 17.9 Å². The van der Waals surface area contributed by atoms with E-state index in [-0.39, 0.29) is 16.8 Å². The van der Waals surface area contributed by atoms with Crippen LogP contribution >= 0.6 is 0 Å². The average Bonchev–Trinajstić information content (AvgIpc) is 2.61. The summed E-state index contributed by atoms with van der Waals surface area (Å²) in [4.78, 5) is 12.3. The average molecular weight is 388 g/mol. The molecule has 0 aliphatic heterocycles. The number of amides is 1. The fourth-order valence-electron chi connectivity index (χ4n) is 2.35. The molecule has 6 nitrogen and oxygen atoms in total. The first-order valence-corrected chi connectivity index (χ1v) is 10.1. The summed E-state index contributed by atoms with van der Waals surface area (Å²) >= 11 is 0. The zero-order valence-electron chi connectivity index (χ0n) is 15.6. The fourth-order valence-corrected chi connectivity index (χ4v) is 3.60. The molecular weight excluding hydrogens is 364 g/mol. The summed E-state index contributed by atoms with van der Waals surface area (Å²) in [5, 5.41) is 2.70. The van der Waals surface area contributed by atoms with Gasteiger partial charge in [-0.1, -0.05) is 18.2 Å². The molecule has 0 unspecified atom stereocenters. The molecule has 7 heteroatoms. The molecule has 0 saturated heterocycles. The van der Waals surface area contributed by atoms with Gasteiger partial charge in [-0.15, -0.1) is 0 Å². The van der Waals surface area contributed by atoms with E-state index >= 15 is 0 Å². The van der Waals surface area contributed by atoms with Crippen LogP contribution in [0.25, 0.3) is 6.08 Å². The number of nitrogens with one attached hydrogen (secondary N) is 2. The molecule has 0 aliphatic rings.